The van der Waals surface area contributed by atoms with Gasteiger partial charge in [-0.2, -0.15) is 0 Å². The van der Waals surface area contributed by atoms with E-state index in [2.05, 4.69) is 16.0 Å². The molecule has 1 aliphatic rings. The lowest BCUT2D eigenvalue weighted by atomic mass is 10.3. The molecule has 1 unspecified atom stereocenters. The standard InChI is InChI=1S/C6H16N4/c1-5(7)10-6-2-3-8-4-9-6/h5-6,8-10H,2-4,7H2,1H3/t5-,6?/m0/s1. The minimum absolute atomic E-state index is 0.0793. The van der Waals surface area contributed by atoms with E-state index in [1.54, 1.807) is 0 Å². The molecule has 2 atom stereocenters. The minimum atomic E-state index is 0.0793. The first-order valence-electron chi connectivity index (χ1n) is 3.75. The molecule has 0 spiro atoms. The van der Waals surface area contributed by atoms with Crippen LogP contribution < -0.4 is 21.7 Å². The lowest BCUT2D eigenvalue weighted by Crippen LogP contribution is -2.56. The van der Waals surface area contributed by atoms with Crippen LogP contribution in [0.1, 0.15) is 13.3 Å². The van der Waals surface area contributed by atoms with Crippen molar-refractivity contribution in [2.75, 3.05) is 13.2 Å². The second-order valence-electron chi connectivity index (χ2n) is 2.68. The van der Waals surface area contributed by atoms with Crippen molar-refractivity contribution in [2.45, 2.75) is 25.7 Å². The zero-order valence-electron chi connectivity index (χ0n) is 6.35. The van der Waals surface area contributed by atoms with Gasteiger partial charge < -0.3 is 11.1 Å². The van der Waals surface area contributed by atoms with E-state index in [-0.39, 0.29) is 6.17 Å². The van der Waals surface area contributed by atoms with Gasteiger partial charge in [-0.3, -0.25) is 10.6 Å². The maximum absolute atomic E-state index is 5.55. The molecule has 0 aromatic carbocycles. The van der Waals surface area contributed by atoms with Gasteiger partial charge in [0, 0.05) is 6.67 Å². The van der Waals surface area contributed by atoms with Crippen molar-refractivity contribution in [3.63, 3.8) is 0 Å². The van der Waals surface area contributed by atoms with Crippen LogP contribution in [-0.2, 0) is 0 Å². The molecule has 0 amide bonds. The van der Waals surface area contributed by atoms with Gasteiger partial charge in [-0.05, 0) is 19.9 Å². The Labute approximate surface area is 61.5 Å². The third kappa shape index (κ3) is 2.62. The smallest absolute Gasteiger partial charge is 0.0605 e. The van der Waals surface area contributed by atoms with Gasteiger partial charge in [0.2, 0.25) is 0 Å². The number of hydrogen-bond acceptors (Lipinski definition) is 4. The highest BCUT2D eigenvalue weighted by atomic mass is 15.2. The molecule has 4 nitrogen and oxygen atoms in total. The molecule has 0 radical (unpaired) electrons. The molecular formula is C6H16N4. The molecule has 4 heteroatoms. The lowest BCUT2D eigenvalue weighted by molar-refractivity contribution is 0.313. The van der Waals surface area contributed by atoms with Gasteiger partial charge in [-0.15, -0.1) is 0 Å². The van der Waals surface area contributed by atoms with Gasteiger partial charge >= 0.3 is 0 Å². The maximum Gasteiger partial charge on any atom is 0.0605 e. The normalized spacial score (nSPS) is 30.0. The molecule has 0 saturated carbocycles. The monoisotopic (exact) mass is 144 g/mol. The van der Waals surface area contributed by atoms with E-state index in [0.29, 0.717) is 6.17 Å². The van der Waals surface area contributed by atoms with Gasteiger partial charge in [0.25, 0.3) is 0 Å². The van der Waals surface area contributed by atoms with Gasteiger partial charge in [0.1, 0.15) is 0 Å². The van der Waals surface area contributed by atoms with Crippen molar-refractivity contribution < 1.29 is 0 Å². The Morgan fingerprint density at radius 2 is 2.50 bits per heavy atom. The summed E-state index contributed by atoms with van der Waals surface area (Å²) >= 11 is 0. The van der Waals surface area contributed by atoms with Crippen LogP contribution in [0, 0.1) is 0 Å². The second kappa shape index (κ2) is 3.88. The SMILES string of the molecule is C[C@@H](N)NC1CCNCN1. The van der Waals surface area contributed by atoms with Gasteiger partial charge in [0.05, 0.1) is 12.3 Å². The van der Waals surface area contributed by atoms with Gasteiger partial charge in [-0.25, -0.2) is 0 Å². The summed E-state index contributed by atoms with van der Waals surface area (Å²) < 4.78 is 0. The molecule has 1 aliphatic heterocycles. The maximum atomic E-state index is 5.55. The van der Waals surface area contributed by atoms with E-state index in [4.69, 9.17) is 5.73 Å². The van der Waals surface area contributed by atoms with Crippen LogP contribution in [0.2, 0.25) is 0 Å². The third-order valence-corrected chi connectivity index (χ3v) is 1.55. The van der Waals surface area contributed by atoms with Crippen LogP contribution in [0.3, 0.4) is 0 Å². The molecule has 60 valence electrons. The molecule has 10 heavy (non-hydrogen) atoms. The van der Waals surface area contributed by atoms with Crippen molar-refractivity contribution in [1.29, 1.82) is 0 Å². The summed E-state index contributed by atoms with van der Waals surface area (Å²) in [4.78, 5) is 0. The van der Waals surface area contributed by atoms with Crippen molar-refractivity contribution in [1.82, 2.24) is 16.0 Å². The Bertz CT molecular complexity index is 87.7. The highest BCUT2D eigenvalue weighted by Crippen LogP contribution is 1.90. The quantitative estimate of drug-likeness (QED) is 0.366. The predicted molar refractivity (Wildman–Crippen MR) is 41.2 cm³/mol. The van der Waals surface area contributed by atoms with Crippen molar-refractivity contribution in [2.24, 2.45) is 5.73 Å². The zero-order chi connectivity index (χ0) is 7.40. The van der Waals surface area contributed by atoms with Gasteiger partial charge in [-0.1, -0.05) is 0 Å². The first kappa shape index (κ1) is 7.94. The Balaban J connectivity index is 2.13. The first-order chi connectivity index (χ1) is 4.79. The Morgan fingerprint density at radius 3 is 3.00 bits per heavy atom. The average Bonchev–Trinajstić information content (AvgIpc) is 1.88. The highest BCUT2D eigenvalue weighted by molar-refractivity contribution is 4.70. The molecule has 0 aliphatic carbocycles. The largest absolute Gasteiger partial charge is 0.316 e. The average molecular weight is 144 g/mol. The van der Waals surface area contributed by atoms with Crippen LogP contribution in [0.5, 0.6) is 0 Å². The van der Waals surface area contributed by atoms with E-state index in [0.717, 1.165) is 19.6 Å². The summed E-state index contributed by atoms with van der Waals surface area (Å²) in [6, 6.07) is 0. The summed E-state index contributed by atoms with van der Waals surface area (Å²) in [5, 5.41) is 9.65. The number of rotatable bonds is 2. The summed E-state index contributed by atoms with van der Waals surface area (Å²) in [5.41, 5.74) is 5.55. The van der Waals surface area contributed by atoms with Crippen LogP contribution in [0.15, 0.2) is 0 Å². The van der Waals surface area contributed by atoms with Crippen LogP contribution in [0.25, 0.3) is 0 Å². The topological polar surface area (TPSA) is 62.1 Å². The van der Waals surface area contributed by atoms with E-state index in [1.165, 1.54) is 0 Å². The molecule has 1 saturated heterocycles. The summed E-state index contributed by atoms with van der Waals surface area (Å²) in [7, 11) is 0. The predicted octanol–water partition coefficient (Wildman–Crippen LogP) is -1.25. The number of hydrogen-bond donors (Lipinski definition) is 4. The van der Waals surface area contributed by atoms with Gasteiger partial charge in [0.15, 0.2) is 0 Å². The molecule has 0 bridgehead atoms. The molecule has 0 aromatic rings. The van der Waals surface area contributed by atoms with E-state index in [1.807, 2.05) is 6.92 Å². The van der Waals surface area contributed by atoms with E-state index in [9.17, 15) is 0 Å². The second-order valence-corrected chi connectivity index (χ2v) is 2.68. The van der Waals surface area contributed by atoms with Crippen LogP contribution in [-0.4, -0.2) is 25.5 Å². The lowest BCUT2D eigenvalue weighted by Gasteiger charge is -2.26. The number of nitrogens with two attached hydrogens (primary N) is 1. The Hall–Kier alpha value is -0.160. The van der Waals surface area contributed by atoms with Crippen molar-refractivity contribution >= 4 is 0 Å². The van der Waals surface area contributed by atoms with Crippen molar-refractivity contribution in [3.8, 4) is 0 Å². The molecule has 5 N–H and O–H groups in total. The van der Waals surface area contributed by atoms with E-state index < -0.39 is 0 Å². The molecule has 1 heterocycles. The molecule has 1 rings (SSSR count). The van der Waals surface area contributed by atoms with E-state index >= 15 is 0 Å². The fourth-order valence-electron chi connectivity index (χ4n) is 1.09. The Morgan fingerprint density at radius 1 is 1.70 bits per heavy atom. The highest BCUT2D eigenvalue weighted by Gasteiger charge is 2.11. The third-order valence-electron chi connectivity index (χ3n) is 1.55. The molecule has 1 fully saturated rings. The number of nitrogens with one attached hydrogen (secondary N) is 3. The van der Waals surface area contributed by atoms with Crippen LogP contribution in [0.4, 0.5) is 0 Å². The van der Waals surface area contributed by atoms with Crippen LogP contribution >= 0.6 is 0 Å². The summed E-state index contributed by atoms with van der Waals surface area (Å²) in [5.74, 6) is 0. The minimum Gasteiger partial charge on any atom is -0.316 e. The fraction of sp³-hybridized carbons (Fsp3) is 1.00. The molecular weight excluding hydrogens is 128 g/mol. The Kier molecular flexibility index (Phi) is 3.08. The summed E-state index contributed by atoms with van der Waals surface area (Å²) in [6.45, 7) is 3.89. The molecule has 0 aromatic heterocycles. The zero-order valence-corrected chi connectivity index (χ0v) is 6.35. The first-order valence-corrected chi connectivity index (χ1v) is 3.75. The summed E-state index contributed by atoms with van der Waals surface area (Å²) in [6.07, 6.45) is 1.57. The fourth-order valence-corrected chi connectivity index (χ4v) is 1.09. The van der Waals surface area contributed by atoms with Crippen molar-refractivity contribution in [3.05, 3.63) is 0 Å².